The van der Waals surface area contributed by atoms with Crippen molar-refractivity contribution in [3.8, 4) is 0 Å². The van der Waals surface area contributed by atoms with Crippen molar-refractivity contribution in [2.45, 2.75) is 32.4 Å². The van der Waals surface area contributed by atoms with E-state index in [1.807, 2.05) is 19.9 Å². The average Bonchev–Trinajstić information content (AvgIpc) is 2.86. The van der Waals surface area contributed by atoms with Crippen molar-refractivity contribution in [1.29, 1.82) is 0 Å². The van der Waals surface area contributed by atoms with Crippen LogP contribution < -0.4 is 16.0 Å². The molecule has 1 heterocycles. The second kappa shape index (κ2) is 6.22. The number of nitrogens with two attached hydrogens (primary N) is 1. The molecule has 5 heteroatoms. The number of hydrogen-bond acceptors (Lipinski definition) is 3. The summed E-state index contributed by atoms with van der Waals surface area (Å²) < 4.78 is 13.2. The second-order valence-corrected chi connectivity index (χ2v) is 5.69. The van der Waals surface area contributed by atoms with Gasteiger partial charge in [0, 0.05) is 24.8 Å². The first-order chi connectivity index (χ1) is 9.47. The van der Waals surface area contributed by atoms with Gasteiger partial charge in [-0.2, -0.15) is 0 Å². The van der Waals surface area contributed by atoms with Crippen LogP contribution in [0.3, 0.4) is 0 Å². The molecule has 20 heavy (non-hydrogen) atoms. The summed E-state index contributed by atoms with van der Waals surface area (Å²) in [6, 6.07) is 6.14. The smallest absolute Gasteiger partial charge is 0.237 e. The zero-order valence-electron chi connectivity index (χ0n) is 12.0. The van der Waals surface area contributed by atoms with Crippen molar-refractivity contribution in [2.75, 3.05) is 18.0 Å². The molecule has 0 aliphatic carbocycles. The zero-order chi connectivity index (χ0) is 14.7. The maximum atomic E-state index is 13.2. The van der Waals surface area contributed by atoms with E-state index in [0.29, 0.717) is 6.54 Å². The molecule has 1 aromatic carbocycles. The van der Waals surface area contributed by atoms with Gasteiger partial charge in [-0.15, -0.1) is 0 Å². The lowest BCUT2D eigenvalue weighted by molar-refractivity contribution is -0.123. The molecule has 2 rings (SSSR count). The Hall–Kier alpha value is -1.62. The Morgan fingerprint density at radius 2 is 2.25 bits per heavy atom. The van der Waals surface area contributed by atoms with E-state index in [9.17, 15) is 9.18 Å². The molecule has 110 valence electrons. The van der Waals surface area contributed by atoms with Gasteiger partial charge in [-0.25, -0.2) is 4.39 Å². The summed E-state index contributed by atoms with van der Waals surface area (Å²) in [5.74, 6) is -0.223. The van der Waals surface area contributed by atoms with Gasteiger partial charge < -0.3 is 16.0 Å². The van der Waals surface area contributed by atoms with E-state index in [-0.39, 0.29) is 23.7 Å². The predicted octanol–water partition coefficient (Wildman–Crippen LogP) is 1.50. The SMILES string of the molecule is CC(C)C(N)C(=O)NC1CCN(c2cccc(F)c2)C1. The fourth-order valence-electron chi connectivity index (χ4n) is 2.39. The van der Waals surface area contributed by atoms with Crippen LogP contribution in [-0.2, 0) is 4.79 Å². The van der Waals surface area contributed by atoms with Gasteiger partial charge in [-0.1, -0.05) is 19.9 Å². The molecule has 1 aliphatic rings. The Kier molecular flexibility index (Phi) is 4.60. The lowest BCUT2D eigenvalue weighted by Crippen LogP contribution is -2.48. The minimum atomic E-state index is -0.474. The van der Waals surface area contributed by atoms with Crippen LogP contribution >= 0.6 is 0 Å². The van der Waals surface area contributed by atoms with Crippen LogP contribution in [0.5, 0.6) is 0 Å². The average molecular weight is 279 g/mol. The molecule has 2 unspecified atom stereocenters. The molecular weight excluding hydrogens is 257 g/mol. The van der Waals surface area contributed by atoms with Crippen molar-refractivity contribution >= 4 is 11.6 Å². The minimum Gasteiger partial charge on any atom is -0.369 e. The number of rotatable bonds is 4. The lowest BCUT2D eigenvalue weighted by Gasteiger charge is -2.21. The zero-order valence-corrected chi connectivity index (χ0v) is 12.0. The molecule has 0 saturated carbocycles. The molecule has 1 fully saturated rings. The largest absolute Gasteiger partial charge is 0.369 e. The van der Waals surface area contributed by atoms with E-state index < -0.39 is 6.04 Å². The lowest BCUT2D eigenvalue weighted by atomic mass is 10.0. The Labute approximate surface area is 119 Å². The topological polar surface area (TPSA) is 58.4 Å². The van der Waals surface area contributed by atoms with Gasteiger partial charge in [-0.3, -0.25) is 4.79 Å². The number of halogens is 1. The van der Waals surface area contributed by atoms with Crippen molar-refractivity contribution in [1.82, 2.24) is 5.32 Å². The monoisotopic (exact) mass is 279 g/mol. The summed E-state index contributed by atoms with van der Waals surface area (Å²) in [7, 11) is 0. The van der Waals surface area contributed by atoms with Crippen LogP contribution in [0, 0.1) is 11.7 Å². The summed E-state index contributed by atoms with van der Waals surface area (Å²) in [6.45, 7) is 5.36. The molecule has 1 saturated heterocycles. The maximum Gasteiger partial charge on any atom is 0.237 e. The molecule has 0 aromatic heterocycles. The number of benzene rings is 1. The first-order valence-corrected chi connectivity index (χ1v) is 7.04. The minimum absolute atomic E-state index is 0.0792. The number of anilines is 1. The van der Waals surface area contributed by atoms with Crippen LogP contribution in [0.4, 0.5) is 10.1 Å². The van der Waals surface area contributed by atoms with E-state index in [0.717, 1.165) is 18.7 Å². The van der Waals surface area contributed by atoms with Crippen LogP contribution in [0.25, 0.3) is 0 Å². The van der Waals surface area contributed by atoms with Gasteiger partial charge in [0.05, 0.1) is 6.04 Å². The number of carbonyl (C=O) groups excluding carboxylic acids is 1. The molecular formula is C15H22FN3O. The molecule has 0 bridgehead atoms. The van der Waals surface area contributed by atoms with Crippen LogP contribution in [-0.4, -0.2) is 31.1 Å². The predicted molar refractivity (Wildman–Crippen MR) is 78.0 cm³/mol. The van der Waals surface area contributed by atoms with E-state index in [1.165, 1.54) is 12.1 Å². The quantitative estimate of drug-likeness (QED) is 0.878. The van der Waals surface area contributed by atoms with Gasteiger partial charge in [0.25, 0.3) is 0 Å². The molecule has 2 atom stereocenters. The molecule has 4 nitrogen and oxygen atoms in total. The van der Waals surface area contributed by atoms with Crippen LogP contribution in [0.15, 0.2) is 24.3 Å². The number of hydrogen-bond donors (Lipinski definition) is 2. The van der Waals surface area contributed by atoms with Crippen molar-refractivity contribution in [3.05, 3.63) is 30.1 Å². The highest BCUT2D eigenvalue weighted by Gasteiger charge is 2.26. The van der Waals surface area contributed by atoms with Gasteiger partial charge in [0.15, 0.2) is 0 Å². The standard InChI is InChI=1S/C15H22FN3O/c1-10(2)14(17)15(20)18-12-6-7-19(9-12)13-5-3-4-11(16)8-13/h3-5,8,10,12,14H,6-7,9,17H2,1-2H3,(H,18,20). The first kappa shape index (κ1) is 14.8. The fraction of sp³-hybridized carbons (Fsp3) is 0.533. The van der Waals surface area contributed by atoms with E-state index in [4.69, 9.17) is 5.73 Å². The van der Waals surface area contributed by atoms with Crippen molar-refractivity contribution in [2.24, 2.45) is 11.7 Å². The summed E-state index contributed by atoms with van der Waals surface area (Å²) in [5.41, 5.74) is 6.68. The maximum absolute atomic E-state index is 13.2. The summed E-state index contributed by atoms with van der Waals surface area (Å²) in [4.78, 5) is 14.0. The molecule has 0 radical (unpaired) electrons. The van der Waals surface area contributed by atoms with Gasteiger partial charge in [-0.05, 0) is 30.5 Å². The molecule has 1 amide bonds. The van der Waals surface area contributed by atoms with E-state index in [2.05, 4.69) is 10.2 Å². The van der Waals surface area contributed by atoms with Gasteiger partial charge in [0.1, 0.15) is 5.82 Å². The van der Waals surface area contributed by atoms with E-state index in [1.54, 1.807) is 6.07 Å². The number of carbonyl (C=O) groups is 1. The van der Waals surface area contributed by atoms with Crippen molar-refractivity contribution in [3.63, 3.8) is 0 Å². The highest BCUT2D eigenvalue weighted by atomic mass is 19.1. The van der Waals surface area contributed by atoms with Crippen LogP contribution in [0.2, 0.25) is 0 Å². The number of amides is 1. The van der Waals surface area contributed by atoms with Gasteiger partial charge >= 0.3 is 0 Å². The molecule has 3 N–H and O–H groups in total. The Morgan fingerprint density at radius 3 is 2.90 bits per heavy atom. The van der Waals surface area contributed by atoms with E-state index >= 15 is 0 Å². The first-order valence-electron chi connectivity index (χ1n) is 7.04. The third kappa shape index (κ3) is 3.48. The third-order valence-electron chi connectivity index (χ3n) is 3.73. The molecule has 1 aromatic rings. The van der Waals surface area contributed by atoms with Crippen LogP contribution in [0.1, 0.15) is 20.3 Å². The number of nitrogens with one attached hydrogen (secondary N) is 1. The summed E-state index contributed by atoms with van der Waals surface area (Å²) in [6.07, 6.45) is 0.854. The fourth-order valence-corrected chi connectivity index (χ4v) is 2.39. The van der Waals surface area contributed by atoms with Gasteiger partial charge in [0.2, 0.25) is 5.91 Å². The Bertz CT molecular complexity index is 478. The summed E-state index contributed by atoms with van der Waals surface area (Å²) >= 11 is 0. The Balaban J connectivity index is 1.91. The third-order valence-corrected chi connectivity index (χ3v) is 3.73. The highest BCUT2D eigenvalue weighted by Crippen LogP contribution is 2.21. The summed E-state index contributed by atoms with van der Waals surface area (Å²) in [5, 5.41) is 2.97. The highest BCUT2D eigenvalue weighted by molar-refractivity contribution is 5.82. The Morgan fingerprint density at radius 1 is 1.50 bits per heavy atom. The normalized spacial score (nSPS) is 20.2. The van der Waals surface area contributed by atoms with Crippen molar-refractivity contribution < 1.29 is 9.18 Å². The number of nitrogens with zero attached hydrogens (tertiary/aromatic N) is 1. The second-order valence-electron chi connectivity index (χ2n) is 5.69. The molecule has 0 spiro atoms. The molecule has 1 aliphatic heterocycles.